The molecule has 0 unspecified atom stereocenters. The van der Waals surface area contributed by atoms with Crippen molar-refractivity contribution in [2.24, 2.45) is 5.84 Å². The van der Waals surface area contributed by atoms with Crippen molar-refractivity contribution in [3.05, 3.63) is 11.1 Å². The summed E-state index contributed by atoms with van der Waals surface area (Å²) < 4.78 is 0. The molecule has 0 aromatic carbocycles. The van der Waals surface area contributed by atoms with Gasteiger partial charge in [0, 0.05) is 11.1 Å². The lowest BCUT2D eigenvalue weighted by Crippen LogP contribution is -2.37. The van der Waals surface area contributed by atoms with Gasteiger partial charge in [0.25, 0.3) is 11.8 Å². The molecule has 0 bridgehead atoms. The fourth-order valence-corrected chi connectivity index (χ4v) is 0.774. The van der Waals surface area contributed by atoms with Gasteiger partial charge < -0.3 is 0 Å². The molecule has 0 spiro atoms. The van der Waals surface area contributed by atoms with Crippen molar-refractivity contribution < 1.29 is 9.59 Å². The number of carbonyl (C=O) groups excluding carboxylic acids is 2. The van der Waals surface area contributed by atoms with Crippen LogP contribution in [0.15, 0.2) is 11.1 Å². The first-order chi connectivity index (χ1) is 4.55. The highest BCUT2D eigenvalue weighted by Gasteiger charge is 2.30. The third kappa shape index (κ3) is 0.657. The molecular formula is C6H8N2O2. The Labute approximate surface area is 58.3 Å². The number of carbonyl (C=O) groups is 2. The zero-order chi connectivity index (χ0) is 7.89. The molecule has 2 amide bonds. The number of amides is 2. The van der Waals surface area contributed by atoms with Gasteiger partial charge in [-0.1, -0.05) is 0 Å². The quantitative estimate of drug-likeness (QED) is 0.282. The van der Waals surface area contributed by atoms with E-state index in [9.17, 15) is 9.59 Å². The molecular weight excluding hydrogens is 132 g/mol. The van der Waals surface area contributed by atoms with Crippen molar-refractivity contribution in [3.63, 3.8) is 0 Å². The number of hydrogen-bond donors (Lipinski definition) is 1. The minimum absolute atomic E-state index is 0.400. The van der Waals surface area contributed by atoms with E-state index >= 15 is 0 Å². The maximum atomic E-state index is 10.8. The van der Waals surface area contributed by atoms with Crippen LogP contribution in [0.25, 0.3) is 0 Å². The molecule has 54 valence electrons. The van der Waals surface area contributed by atoms with Crippen LogP contribution < -0.4 is 5.84 Å². The highest BCUT2D eigenvalue weighted by Crippen LogP contribution is 2.15. The molecule has 0 saturated heterocycles. The first-order valence-corrected chi connectivity index (χ1v) is 2.86. The van der Waals surface area contributed by atoms with Crippen molar-refractivity contribution in [3.8, 4) is 0 Å². The van der Waals surface area contributed by atoms with Gasteiger partial charge in [-0.15, -0.1) is 0 Å². The van der Waals surface area contributed by atoms with E-state index in [2.05, 4.69) is 0 Å². The highest BCUT2D eigenvalue weighted by atomic mass is 16.2. The second-order valence-electron chi connectivity index (χ2n) is 2.23. The predicted octanol–water partition coefficient (Wildman–Crippen LogP) is -0.435. The van der Waals surface area contributed by atoms with Crippen LogP contribution in [0, 0.1) is 0 Å². The van der Waals surface area contributed by atoms with Crippen LogP contribution in [0.2, 0.25) is 0 Å². The summed E-state index contributed by atoms with van der Waals surface area (Å²) in [4.78, 5) is 21.7. The SMILES string of the molecule is CC1=C(C)C(=O)N(N)C1=O. The monoisotopic (exact) mass is 140 g/mol. The Balaban J connectivity index is 3.11. The van der Waals surface area contributed by atoms with Crippen molar-refractivity contribution in [1.82, 2.24) is 5.01 Å². The first kappa shape index (κ1) is 6.95. The summed E-state index contributed by atoms with van der Waals surface area (Å²) in [5, 5.41) is 0.630. The Bertz CT molecular complexity index is 218. The normalized spacial score (nSPS) is 19.3. The number of imide groups is 1. The molecule has 1 aliphatic rings. The first-order valence-electron chi connectivity index (χ1n) is 2.86. The zero-order valence-corrected chi connectivity index (χ0v) is 5.84. The predicted molar refractivity (Wildman–Crippen MR) is 34.4 cm³/mol. The van der Waals surface area contributed by atoms with Crippen LogP contribution >= 0.6 is 0 Å². The minimum Gasteiger partial charge on any atom is -0.267 e. The summed E-state index contributed by atoms with van der Waals surface area (Å²) in [6.45, 7) is 3.17. The fourth-order valence-electron chi connectivity index (χ4n) is 0.774. The number of hydrazine groups is 1. The summed E-state index contributed by atoms with van der Waals surface area (Å²) in [7, 11) is 0. The Morgan fingerprint density at radius 3 is 1.50 bits per heavy atom. The van der Waals surface area contributed by atoms with Crippen LogP contribution in [-0.2, 0) is 9.59 Å². The van der Waals surface area contributed by atoms with Crippen LogP contribution in [-0.4, -0.2) is 16.8 Å². The third-order valence-corrected chi connectivity index (χ3v) is 1.64. The summed E-state index contributed by atoms with van der Waals surface area (Å²) in [6, 6.07) is 0. The van der Waals surface area contributed by atoms with Gasteiger partial charge in [0.05, 0.1) is 0 Å². The van der Waals surface area contributed by atoms with Crippen molar-refractivity contribution in [2.45, 2.75) is 13.8 Å². The lowest BCUT2D eigenvalue weighted by molar-refractivity contribution is -0.137. The van der Waals surface area contributed by atoms with Crippen molar-refractivity contribution in [1.29, 1.82) is 0 Å². The molecule has 1 rings (SSSR count). The van der Waals surface area contributed by atoms with E-state index in [1.807, 2.05) is 0 Å². The van der Waals surface area contributed by atoms with Gasteiger partial charge in [-0.25, -0.2) is 10.9 Å². The van der Waals surface area contributed by atoms with E-state index in [1.165, 1.54) is 0 Å². The molecule has 0 atom stereocenters. The number of nitrogens with two attached hydrogens (primary N) is 1. The largest absolute Gasteiger partial charge is 0.271 e. The van der Waals surface area contributed by atoms with Gasteiger partial charge in [0.15, 0.2) is 0 Å². The number of hydrogen-bond acceptors (Lipinski definition) is 3. The molecule has 1 heterocycles. The van der Waals surface area contributed by atoms with Gasteiger partial charge in [-0.05, 0) is 13.8 Å². The lowest BCUT2D eigenvalue weighted by Gasteiger charge is -2.03. The lowest BCUT2D eigenvalue weighted by atomic mass is 10.2. The van der Waals surface area contributed by atoms with Crippen molar-refractivity contribution >= 4 is 11.8 Å². The van der Waals surface area contributed by atoms with Crippen LogP contribution in [0.3, 0.4) is 0 Å². The van der Waals surface area contributed by atoms with E-state index in [1.54, 1.807) is 13.8 Å². The minimum atomic E-state index is -0.400. The molecule has 0 saturated carbocycles. The molecule has 4 nitrogen and oxygen atoms in total. The van der Waals surface area contributed by atoms with E-state index in [4.69, 9.17) is 5.84 Å². The Morgan fingerprint density at radius 1 is 1.10 bits per heavy atom. The Morgan fingerprint density at radius 2 is 1.40 bits per heavy atom. The summed E-state index contributed by atoms with van der Waals surface area (Å²) in [5.74, 6) is 4.29. The van der Waals surface area contributed by atoms with Gasteiger partial charge in [-0.2, -0.15) is 0 Å². The Kier molecular flexibility index (Phi) is 1.33. The highest BCUT2D eigenvalue weighted by molar-refractivity contribution is 6.18. The maximum Gasteiger partial charge on any atom is 0.271 e. The van der Waals surface area contributed by atoms with E-state index in [0.29, 0.717) is 16.2 Å². The Hall–Kier alpha value is -1.16. The van der Waals surface area contributed by atoms with Crippen LogP contribution in [0.4, 0.5) is 0 Å². The molecule has 0 aromatic rings. The maximum absolute atomic E-state index is 10.8. The number of rotatable bonds is 0. The summed E-state index contributed by atoms with van der Waals surface area (Å²) in [5.41, 5.74) is 0.875. The molecule has 4 heteroatoms. The summed E-state index contributed by atoms with van der Waals surface area (Å²) in [6.07, 6.45) is 0. The van der Waals surface area contributed by atoms with Gasteiger partial charge >= 0.3 is 0 Å². The van der Waals surface area contributed by atoms with E-state index < -0.39 is 11.8 Å². The standard InChI is InChI=1S/C6H8N2O2/c1-3-4(2)6(10)8(7)5(3)9/h7H2,1-2H3. The van der Waals surface area contributed by atoms with Gasteiger partial charge in [0.1, 0.15) is 0 Å². The van der Waals surface area contributed by atoms with E-state index in [0.717, 1.165) is 0 Å². The average molecular weight is 140 g/mol. The zero-order valence-electron chi connectivity index (χ0n) is 5.84. The molecule has 0 aromatic heterocycles. The fraction of sp³-hybridized carbons (Fsp3) is 0.333. The number of nitrogens with zero attached hydrogens (tertiary/aromatic N) is 1. The molecule has 1 aliphatic heterocycles. The van der Waals surface area contributed by atoms with E-state index in [-0.39, 0.29) is 0 Å². The van der Waals surface area contributed by atoms with Crippen LogP contribution in [0.1, 0.15) is 13.8 Å². The topological polar surface area (TPSA) is 63.4 Å². The average Bonchev–Trinajstić information content (AvgIpc) is 2.07. The van der Waals surface area contributed by atoms with Gasteiger partial charge in [0.2, 0.25) is 0 Å². The second-order valence-corrected chi connectivity index (χ2v) is 2.23. The molecule has 2 N–H and O–H groups in total. The molecule has 10 heavy (non-hydrogen) atoms. The second kappa shape index (κ2) is 1.91. The van der Waals surface area contributed by atoms with Gasteiger partial charge in [-0.3, -0.25) is 9.59 Å². The molecule has 0 aliphatic carbocycles. The molecule has 0 fully saturated rings. The smallest absolute Gasteiger partial charge is 0.267 e. The summed E-state index contributed by atoms with van der Waals surface area (Å²) >= 11 is 0. The molecule has 0 radical (unpaired) electrons. The van der Waals surface area contributed by atoms with Crippen LogP contribution in [0.5, 0.6) is 0 Å². The van der Waals surface area contributed by atoms with Crippen molar-refractivity contribution in [2.75, 3.05) is 0 Å². The third-order valence-electron chi connectivity index (χ3n) is 1.64.